The SMILES string of the molecule is CC(=O)Nc1cccc(Nc2ccc3c(C4CCNCC4)c[nH]c3n2)c1. The van der Waals surface area contributed by atoms with E-state index >= 15 is 0 Å². The number of benzene rings is 1. The van der Waals surface area contributed by atoms with Gasteiger partial charge in [0.2, 0.25) is 5.91 Å². The molecule has 0 radical (unpaired) electrons. The summed E-state index contributed by atoms with van der Waals surface area (Å²) in [4.78, 5) is 19.2. The smallest absolute Gasteiger partial charge is 0.221 e. The molecular formula is C20H23N5O. The van der Waals surface area contributed by atoms with E-state index in [1.54, 1.807) is 0 Å². The molecule has 1 aliphatic rings. The minimum atomic E-state index is -0.0847. The third-order valence-electron chi connectivity index (χ3n) is 4.80. The van der Waals surface area contributed by atoms with Crippen molar-refractivity contribution < 1.29 is 4.79 Å². The Hall–Kier alpha value is -2.86. The quantitative estimate of drug-likeness (QED) is 0.578. The molecular weight excluding hydrogens is 326 g/mol. The van der Waals surface area contributed by atoms with Crippen molar-refractivity contribution in [3.63, 3.8) is 0 Å². The Balaban J connectivity index is 1.55. The van der Waals surface area contributed by atoms with Crippen LogP contribution in [0, 0.1) is 0 Å². The summed E-state index contributed by atoms with van der Waals surface area (Å²) in [6, 6.07) is 11.7. The van der Waals surface area contributed by atoms with Crippen molar-refractivity contribution >= 4 is 34.1 Å². The van der Waals surface area contributed by atoms with Crippen LogP contribution in [-0.2, 0) is 4.79 Å². The molecule has 4 N–H and O–H groups in total. The van der Waals surface area contributed by atoms with Crippen LogP contribution in [0.5, 0.6) is 0 Å². The molecule has 0 atom stereocenters. The summed E-state index contributed by atoms with van der Waals surface area (Å²) < 4.78 is 0. The van der Waals surface area contributed by atoms with Crippen molar-refractivity contribution in [2.45, 2.75) is 25.7 Å². The maximum absolute atomic E-state index is 11.2. The number of aromatic nitrogens is 2. The molecule has 1 saturated heterocycles. The molecule has 0 spiro atoms. The molecule has 1 fully saturated rings. The minimum absolute atomic E-state index is 0.0847. The molecule has 1 amide bonds. The Labute approximate surface area is 152 Å². The first-order valence-corrected chi connectivity index (χ1v) is 9.02. The topological polar surface area (TPSA) is 81.8 Å². The Morgan fingerprint density at radius 3 is 2.77 bits per heavy atom. The molecule has 0 saturated carbocycles. The number of piperidine rings is 1. The van der Waals surface area contributed by atoms with E-state index in [9.17, 15) is 4.79 Å². The first-order chi connectivity index (χ1) is 12.7. The number of carbonyl (C=O) groups excluding carboxylic acids is 1. The van der Waals surface area contributed by atoms with Crippen LogP contribution in [-0.4, -0.2) is 29.0 Å². The normalized spacial score (nSPS) is 15.1. The van der Waals surface area contributed by atoms with Gasteiger partial charge >= 0.3 is 0 Å². The number of aromatic amines is 1. The van der Waals surface area contributed by atoms with E-state index in [0.29, 0.717) is 5.92 Å². The number of H-pyrrole nitrogens is 1. The van der Waals surface area contributed by atoms with Crippen LogP contribution >= 0.6 is 0 Å². The van der Waals surface area contributed by atoms with Crippen molar-refractivity contribution in [1.82, 2.24) is 15.3 Å². The van der Waals surface area contributed by atoms with Crippen LogP contribution in [0.3, 0.4) is 0 Å². The van der Waals surface area contributed by atoms with Crippen molar-refractivity contribution in [3.05, 3.63) is 48.2 Å². The average Bonchev–Trinajstić information content (AvgIpc) is 3.05. The average molecular weight is 349 g/mol. The second kappa shape index (κ2) is 7.17. The Morgan fingerprint density at radius 1 is 1.15 bits per heavy atom. The van der Waals surface area contributed by atoms with Gasteiger partial charge in [-0.3, -0.25) is 4.79 Å². The van der Waals surface area contributed by atoms with Crippen molar-refractivity contribution in [3.8, 4) is 0 Å². The zero-order chi connectivity index (χ0) is 17.9. The van der Waals surface area contributed by atoms with Crippen LogP contribution < -0.4 is 16.0 Å². The van der Waals surface area contributed by atoms with E-state index in [-0.39, 0.29) is 5.91 Å². The molecule has 134 valence electrons. The van der Waals surface area contributed by atoms with Crippen LogP contribution in [0.2, 0.25) is 0 Å². The van der Waals surface area contributed by atoms with Crippen molar-refractivity contribution in [1.29, 1.82) is 0 Å². The van der Waals surface area contributed by atoms with Gasteiger partial charge in [0.1, 0.15) is 11.5 Å². The maximum Gasteiger partial charge on any atom is 0.221 e. The number of amides is 1. The van der Waals surface area contributed by atoms with E-state index in [1.807, 2.05) is 30.3 Å². The Morgan fingerprint density at radius 2 is 1.96 bits per heavy atom. The molecule has 1 aromatic carbocycles. The third kappa shape index (κ3) is 3.55. The monoisotopic (exact) mass is 349 g/mol. The summed E-state index contributed by atoms with van der Waals surface area (Å²) in [6.45, 7) is 3.66. The number of carbonyl (C=O) groups is 1. The maximum atomic E-state index is 11.2. The van der Waals surface area contributed by atoms with Gasteiger partial charge in [-0.05, 0) is 67.7 Å². The van der Waals surface area contributed by atoms with Gasteiger partial charge in [-0.15, -0.1) is 0 Å². The Bertz CT molecular complexity index is 927. The van der Waals surface area contributed by atoms with Crippen LogP contribution in [0.25, 0.3) is 11.0 Å². The lowest BCUT2D eigenvalue weighted by atomic mass is 9.90. The number of pyridine rings is 1. The molecule has 3 aromatic rings. The van der Waals surface area contributed by atoms with Gasteiger partial charge in [-0.25, -0.2) is 4.98 Å². The lowest BCUT2D eigenvalue weighted by Gasteiger charge is -2.22. The van der Waals surface area contributed by atoms with Gasteiger partial charge in [-0.1, -0.05) is 6.07 Å². The molecule has 26 heavy (non-hydrogen) atoms. The molecule has 6 heteroatoms. The first kappa shape index (κ1) is 16.6. The van der Waals surface area contributed by atoms with Gasteiger partial charge in [0.25, 0.3) is 0 Å². The second-order valence-electron chi connectivity index (χ2n) is 6.75. The predicted octanol–water partition coefficient (Wildman–Crippen LogP) is 3.73. The number of rotatable bonds is 4. The van der Waals surface area contributed by atoms with Gasteiger partial charge in [0, 0.05) is 29.9 Å². The number of hydrogen-bond acceptors (Lipinski definition) is 4. The zero-order valence-corrected chi connectivity index (χ0v) is 14.8. The van der Waals surface area contributed by atoms with E-state index in [0.717, 1.165) is 35.9 Å². The van der Waals surface area contributed by atoms with Gasteiger partial charge in [0.15, 0.2) is 0 Å². The molecule has 0 aliphatic carbocycles. The first-order valence-electron chi connectivity index (χ1n) is 9.02. The van der Waals surface area contributed by atoms with Crippen LogP contribution in [0.1, 0.15) is 31.2 Å². The fourth-order valence-corrected chi connectivity index (χ4v) is 3.59. The highest BCUT2D eigenvalue weighted by atomic mass is 16.1. The lowest BCUT2D eigenvalue weighted by molar-refractivity contribution is -0.114. The summed E-state index contributed by atoms with van der Waals surface area (Å²) in [7, 11) is 0. The molecule has 0 bridgehead atoms. The van der Waals surface area contributed by atoms with Gasteiger partial charge < -0.3 is 20.9 Å². The molecule has 0 unspecified atom stereocenters. The van der Waals surface area contributed by atoms with E-state index in [1.165, 1.54) is 30.7 Å². The summed E-state index contributed by atoms with van der Waals surface area (Å²) in [6.07, 6.45) is 4.45. The second-order valence-corrected chi connectivity index (χ2v) is 6.75. The van der Waals surface area contributed by atoms with Crippen molar-refractivity contribution in [2.24, 2.45) is 0 Å². The summed E-state index contributed by atoms with van der Waals surface area (Å²) >= 11 is 0. The predicted molar refractivity (Wildman–Crippen MR) is 105 cm³/mol. The van der Waals surface area contributed by atoms with Crippen LogP contribution in [0.15, 0.2) is 42.6 Å². The minimum Gasteiger partial charge on any atom is -0.346 e. The fraction of sp³-hybridized carbons (Fsp3) is 0.300. The Kier molecular flexibility index (Phi) is 4.58. The molecule has 6 nitrogen and oxygen atoms in total. The summed E-state index contributed by atoms with van der Waals surface area (Å²) in [5, 5.41) is 10.7. The summed E-state index contributed by atoms with van der Waals surface area (Å²) in [5.74, 6) is 1.29. The number of hydrogen-bond donors (Lipinski definition) is 4. The third-order valence-corrected chi connectivity index (χ3v) is 4.80. The largest absolute Gasteiger partial charge is 0.346 e. The molecule has 1 aliphatic heterocycles. The van der Waals surface area contributed by atoms with Gasteiger partial charge in [0.05, 0.1) is 0 Å². The number of nitrogens with zero attached hydrogens (tertiary/aromatic N) is 1. The number of nitrogens with one attached hydrogen (secondary N) is 4. The highest BCUT2D eigenvalue weighted by Crippen LogP contribution is 2.31. The fourth-order valence-electron chi connectivity index (χ4n) is 3.59. The lowest BCUT2D eigenvalue weighted by Crippen LogP contribution is -2.26. The van der Waals surface area contributed by atoms with Crippen LogP contribution in [0.4, 0.5) is 17.2 Å². The standard InChI is InChI=1S/C20H23N5O/c1-13(26)23-15-3-2-4-16(11-15)24-19-6-5-17-18(12-22-20(17)25-19)14-7-9-21-10-8-14/h2-6,11-12,14,21H,7-10H2,1H3,(H,23,26)(H2,22,24,25). The number of anilines is 3. The summed E-state index contributed by atoms with van der Waals surface area (Å²) in [5.41, 5.74) is 3.92. The zero-order valence-electron chi connectivity index (χ0n) is 14.8. The van der Waals surface area contributed by atoms with E-state index < -0.39 is 0 Å². The molecule has 2 aromatic heterocycles. The van der Waals surface area contributed by atoms with E-state index in [2.05, 4.69) is 33.2 Å². The highest BCUT2D eigenvalue weighted by Gasteiger charge is 2.19. The number of fused-ring (bicyclic) bond motifs is 1. The molecule has 3 heterocycles. The van der Waals surface area contributed by atoms with Gasteiger partial charge in [-0.2, -0.15) is 0 Å². The van der Waals surface area contributed by atoms with Crippen molar-refractivity contribution in [2.75, 3.05) is 23.7 Å². The molecule has 4 rings (SSSR count). The van der Waals surface area contributed by atoms with E-state index in [4.69, 9.17) is 4.98 Å². The highest BCUT2D eigenvalue weighted by molar-refractivity contribution is 5.89.